The molecule has 8 nitrogen and oxygen atoms in total. The van der Waals surface area contributed by atoms with E-state index in [-0.39, 0.29) is 23.7 Å². The third-order valence-corrected chi connectivity index (χ3v) is 5.60. The van der Waals surface area contributed by atoms with Crippen molar-refractivity contribution in [1.82, 2.24) is 14.8 Å². The number of aliphatic hydroxyl groups is 2. The molecule has 12 heteroatoms. The number of benzene rings is 1. The second-order valence-corrected chi connectivity index (χ2v) is 10.3. The van der Waals surface area contributed by atoms with Crippen LogP contribution in [0.2, 0.25) is 0 Å². The van der Waals surface area contributed by atoms with E-state index in [0.717, 1.165) is 18.4 Å². The van der Waals surface area contributed by atoms with Gasteiger partial charge in [0.05, 0.1) is 29.1 Å². The molecule has 2 heterocycles. The summed E-state index contributed by atoms with van der Waals surface area (Å²) in [6, 6.07) is 6.33. The summed E-state index contributed by atoms with van der Waals surface area (Å²) in [6.45, 7) is 3.15. The first kappa shape index (κ1) is 24.0. The summed E-state index contributed by atoms with van der Waals surface area (Å²) < 4.78 is 63.1. The zero-order valence-corrected chi connectivity index (χ0v) is 18.4. The van der Waals surface area contributed by atoms with Crippen LogP contribution in [0.5, 0.6) is 0 Å². The molecule has 0 aliphatic rings. The Kier molecular flexibility index (Phi) is 6.24. The summed E-state index contributed by atoms with van der Waals surface area (Å²) in [5.41, 5.74) is -1.68. The fourth-order valence-electron chi connectivity index (χ4n) is 3.11. The van der Waals surface area contributed by atoms with Crippen molar-refractivity contribution in [1.29, 1.82) is 0 Å². The van der Waals surface area contributed by atoms with Gasteiger partial charge in [-0.2, -0.15) is 18.3 Å². The highest BCUT2D eigenvalue weighted by molar-refractivity contribution is 7.90. The Bertz CT molecular complexity index is 1230. The van der Waals surface area contributed by atoms with Gasteiger partial charge in [-0.25, -0.2) is 13.4 Å². The Hall–Kier alpha value is -2.70. The van der Waals surface area contributed by atoms with Crippen LogP contribution in [0, 0.1) is 0 Å². The lowest BCUT2D eigenvalue weighted by Gasteiger charge is -2.24. The number of pyridine rings is 1. The molecule has 0 amide bonds. The molecule has 3 aromatic rings. The van der Waals surface area contributed by atoms with Gasteiger partial charge in [0.2, 0.25) is 0 Å². The Balaban J connectivity index is 1.97. The van der Waals surface area contributed by atoms with Crippen LogP contribution in [0.25, 0.3) is 10.9 Å². The van der Waals surface area contributed by atoms with Gasteiger partial charge in [-0.3, -0.25) is 4.68 Å². The molecule has 1 atom stereocenters. The average molecular weight is 472 g/mol. The van der Waals surface area contributed by atoms with E-state index in [1.807, 2.05) is 0 Å². The zero-order valence-electron chi connectivity index (χ0n) is 17.6. The number of fused-ring (bicyclic) bond motifs is 1. The van der Waals surface area contributed by atoms with Crippen LogP contribution in [-0.4, -0.2) is 45.4 Å². The summed E-state index contributed by atoms with van der Waals surface area (Å²) in [4.78, 5) is 3.47. The molecule has 0 saturated carbocycles. The van der Waals surface area contributed by atoms with Crippen LogP contribution >= 0.6 is 0 Å². The molecule has 3 N–H and O–H groups in total. The number of halogens is 3. The molecule has 32 heavy (non-hydrogen) atoms. The van der Waals surface area contributed by atoms with Crippen LogP contribution in [0.1, 0.15) is 37.0 Å². The Morgan fingerprint density at radius 1 is 1.22 bits per heavy atom. The molecule has 2 aromatic heterocycles. The number of sulfone groups is 1. The number of aromatic nitrogens is 3. The minimum absolute atomic E-state index is 0.107. The Labute approximate surface area is 182 Å². The summed E-state index contributed by atoms with van der Waals surface area (Å²) >= 11 is 0. The van der Waals surface area contributed by atoms with Gasteiger partial charge in [-0.1, -0.05) is 6.07 Å². The van der Waals surface area contributed by atoms with Crippen LogP contribution in [-0.2, 0) is 28.2 Å². The molecular weight excluding hydrogens is 449 g/mol. The molecule has 0 aliphatic heterocycles. The first-order chi connectivity index (χ1) is 14.6. The van der Waals surface area contributed by atoms with Gasteiger partial charge in [0, 0.05) is 29.1 Å². The van der Waals surface area contributed by atoms with E-state index in [9.17, 15) is 31.8 Å². The van der Waals surface area contributed by atoms with Crippen molar-refractivity contribution >= 4 is 26.4 Å². The van der Waals surface area contributed by atoms with Crippen LogP contribution < -0.4 is 5.32 Å². The van der Waals surface area contributed by atoms with Crippen molar-refractivity contribution in [2.24, 2.45) is 0 Å². The minimum Gasteiger partial charge on any atom is -0.386 e. The maximum Gasteiger partial charge on any atom is 0.433 e. The summed E-state index contributed by atoms with van der Waals surface area (Å²) in [5.74, 6) is -0.107. The lowest BCUT2D eigenvalue weighted by atomic mass is 9.95. The molecule has 1 unspecified atom stereocenters. The van der Waals surface area contributed by atoms with Crippen molar-refractivity contribution in [3.63, 3.8) is 0 Å². The molecule has 0 aliphatic carbocycles. The Morgan fingerprint density at radius 3 is 2.50 bits per heavy atom. The van der Waals surface area contributed by atoms with Gasteiger partial charge < -0.3 is 15.5 Å². The van der Waals surface area contributed by atoms with E-state index in [2.05, 4.69) is 15.4 Å². The zero-order chi connectivity index (χ0) is 23.9. The van der Waals surface area contributed by atoms with Crippen molar-refractivity contribution in [3.05, 3.63) is 53.5 Å². The number of hydrogen-bond acceptors (Lipinski definition) is 7. The number of aryl methyl sites for hydroxylation is 1. The van der Waals surface area contributed by atoms with Crippen molar-refractivity contribution < 1.29 is 31.8 Å². The monoisotopic (exact) mass is 472 g/mol. The van der Waals surface area contributed by atoms with E-state index >= 15 is 0 Å². The molecule has 3 rings (SSSR count). The highest BCUT2D eigenvalue weighted by Gasteiger charge is 2.33. The van der Waals surface area contributed by atoms with Gasteiger partial charge in [0.15, 0.2) is 6.23 Å². The molecule has 0 spiro atoms. The molecule has 0 bridgehead atoms. The smallest absolute Gasteiger partial charge is 0.386 e. The number of hydrogen-bond donors (Lipinski definition) is 3. The maximum atomic E-state index is 12.9. The maximum absolute atomic E-state index is 12.9. The van der Waals surface area contributed by atoms with Crippen molar-refractivity contribution in [3.8, 4) is 0 Å². The first-order valence-corrected chi connectivity index (χ1v) is 11.6. The number of aliphatic hydroxyl groups excluding tert-OH is 1. The standard InChI is InChI=1S/C20H23F3N4O4S/c1-19(2,29)13-10-15-12(11-27(26-15)7-8-32(3,30)31)9-16(13)25-18(28)14-5-4-6-17(24-14)20(21,22)23/h4-6,9-11,18,25,28-29H,7-8H2,1-3H3. The number of rotatable bonds is 7. The van der Waals surface area contributed by atoms with Crippen molar-refractivity contribution in [2.45, 2.75) is 38.4 Å². The predicted molar refractivity (Wildman–Crippen MR) is 113 cm³/mol. The molecule has 174 valence electrons. The normalized spacial score (nSPS) is 14.0. The van der Waals surface area contributed by atoms with E-state index in [0.29, 0.717) is 16.5 Å². The lowest BCUT2D eigenvalue weighted by molar-refractivity contribution is -0.141. The van der Waals surface area contributed by atoms with Gasteiger partial charge in [0.1, 0.15) is 15.5 Å². The van der Waals surface area contributed by atoms with Gasteiger partial charge in [-0.05, 0) is 38.1 Å². The highest BCUT2D eigenvalue weighted by atomic mass is 32.2. The molecule has 0 fully saturated rings. The van der Waals surface area contributed by atoms with Gasteiger partial charge in [0.25, 0.3) is 0 Å². The third kappa shape index (κ3) is 5.75. The molecule has 0 radical (unpaired) electrons. The first-order valence-electron chi connectivity index (χ1n) is 9.54. The largest absolute Gasteiger partial charge is 0.433 e. The quantitative estimate of drug-likeness (QED) is 0.453. The Morgan fingerprint density at radius 2 is 1.91 bits per heavy atom. The molecule has 1 aromatic carbocycles. The summed E-state index contributed by atoms with van der Waals surface area (Å²) in [6.07, 6.45) is -3.52. The number of alkyl halides is 3. The summed E-state index contributed by atoms with van der Waals surface area (Å²) in [5, 5.41) is 28.7. The topological polar surface area (TPSA) is 117 Å². The van der Waals surface area contributed by atoms with E-state index in [4.69, 9.17) is 0 Å². The number of anilines is 1. The number of nitrogens with zero attached hydrogens (tertiary/aromatic N) is 3. The SMILES string of the molecule is CC(C)(O)c1cc2nn(CCS(C)(=O)=O)cc2cc1NC(O)c1cccc(C(F)(F)F)n1. The van der Waals surface area contributed by atoms with Crippen molar-refractivity contribution in [2.75, 3.05) is 17.3 Å². The van der Waals surface area contributed by atoms with Crippen LogP contribution in [0.15, 0.2) is 36.5 Å². The second kappa shape index (κ2) is 8.34. The minimum atomic E-state index is -4.66. The molecular formula is C20H23F3N4O4S. The second-order valence-electron chi connectivity index (χ2n) is 8.03. The molecule has 0 saturated heterocycles. The third-order valence-electron chi connectivity index (χ3n) is 4.67. The van der Waals surface area contributed by atoms with E-state index in [1.165, 1.54) is 24.6 Å². The number of nitrogens with one attached hydrogen (secondary N) is 1. The summed E-state index contributed by atoms with van der Waals surface area (Å²) in [7, 11) is -3.19. The van der Waals surface area contributed by atoms with Crippen LogP contribution in [0.3, 0.4) is 0 Å². The lowest BCUT2D eigenvalue weighted by Crippen LogP contribution is -2.21. The van der Waals surface area contributed by atoms with Crippen LogP contribution in [0.4, 0.5) is 18.9 Å². The fraction of sp³-hybridized carbons (Fsp3) is 0.400. The van der Waals surface area contributed by atoms with Gasteiger partial charge >= 0.3 is 6.18 Å². The van der Waals surface area contributed by atoms with E-state index in [1.54, 1.807) is 18.3 Å². The fourth-order valence-corrected chi connectivity index (χ4v) is 3.62. The predicted octanol–water partition coefficient (Wildman–Crippen LogP) is 2.83. The van der Waals surface area contributed by atoms with E-state index < -0.39 is 33.5 Å². The van der Waals surface area contributed by atoms with Gasteiger partial charge in [-0.15, -0.1) is 0 Å². The average Bonchev–Trinajstić information content (AvgIpc) is 3.06. The highest BCUT2D eigenvalue weighted by Crippen LogP contribution is 2.34.